The summed E-state index contributed by atoms with van der Waals surface area (Å²) in [6, 6.07) is 4.78. The SMILES string of the molecule is Cn1cccc1CN(C(=O)C12CC3CC(CC(C3)C1)C2)C1CC1. The molecule has 1 amide bonds. The van der Waals surface area contributed by atoms with Crippen molar-refractivity contribution >= 4 is 5.91 Å². The molecular weight excluding hydrogens is 284 g/mol. The highest BCUT2D eigenvalue weighted by Gasteiger charge is 2.56. The maximum Gasteiger partial charge on any atom is 0.229 e. The molecule has 0 N–H and O–H groups in total. The Balaban J connectivity index is 1.42. The third kappa shape index (κ3) is 2.27. The van der Waals surface area contributed by atoms with Crippen LogP contribution in [0.5, 0.6) is 0 Å². The van der Waals surface area contributed by atoms with Crippen LogP contribution >= 0.6 is 0 Å². The van der Waals surface area contributed by atoms with Gasteiger partial charge in [0.25, 0.3) is 0 Å². The van der Waals surface area contributed by atoms with Gasteiger partial charge in [-0.2, -0.15) is 0 Å². The maximum atomic E-state index is 13.6. The highest BCUT2D eigenvalue weighted by molar-refractivity contribution is 5.84. The zero-order valence-electron chi connectivity index (χ0n) is 14.2. The predicted molar refractivity (Wildman–Crippen MR) is 89.6 cm³/mol. The Morgan fingerprint density at radius 3 is 2.26 bits per heavy atom. The Hall–Kier alpha value is -1.25. The van der Waals surface area contributed by atoms with Gasteiger partial charge < -0.3 is 9.47 Å². The summed E-state index contributed by atoms with van der Waals surface area (Å²) in [4.78, 5) is 15.9. The lowest BCUT2D eigenvalue weighted by molar-refractivity contribution is -0.159. The van der Waals surface area contributed by atoms with Crippen LogP contribution in [0.4, 0.5) is 0 Å². The molecule has 0 spiro atoms. The molecule has 1 aromatic rings. The van der Waals surface area contributed by atoms with Crippen LogP contribution < -0.4 is 0 Å². The largest absolute Gasteiger partial charge is 0.353 e. The third-order valence-corrected chi connectivity index (χ3v) is 7.12. The molecule has 5 aliphatic carbocycles. The van der Waals surface area contributed by atoms with Gasteiger partial charge in [-0.15, -0.1) is 0 Å². The molecule has 5 aliphatic rings. The normalized spacial score (nSPS) is 38.0. The zero-order chi connectivity index (χ0) is 15.6. The second kappa shape index (κ2) is 4.87. The van der Waals surface area contributed by atoms with Gasteiger partial charge in [-0.25, -0.2) is 0 Å². The first kappa shape index (κ1) is 14.1. The molecule has 0 aromatic carbocycles. The first-order chi connectivity index (χ1) is 11.1. The van der Waals surface area contributed by atoms with E-state index in [1.807, 2.05) is 0 Å². The van der Waals surface area contributed by atoms with Crippen LogP contribution in [0.25, 0.3) is 0 Å². The van der Waals surface area contributed by atoms with Gasteiger partial charge in [-0.3, -0.25) is 4.79 Å². The molecular formula is C20H28N2O. The van der Waals surface area contributed by atoms with E-state index < -0.39 is 0 Å². The minimum Gasteiger partial charge on any atom is -0.353 e. The number of hydrogen-bond donors (Lipinski definition) is 0. The van der Waals surface area contributed by atoms with Gasteiger partial charge in [-0.05, 0) is 81.3 Å². The van der Waals surface area contributed by atoms with Crippen LogP contribution in [0.15, 0.2) is 18.3 Å². The van der Waals surface area contributed by atoms with Crippen molar-refractivity contribution < 1.29 is 4.79 Å². The molecule has 1 heterocycles. The molecule has 3 nitrogen and oxygen atoms in total. The van der Waals surface area contributed by atoms with Crippen molar-refractivity contribution in [3.63, 3.8) is 0 Å². The van der Waals surface area contributed by atoms with Crippen molar-refractivity contribution in [1.82, 2.24) is 9.47 Å². The Bertz CT molecular complexity index is 592. The lowest BCUT2D eigenvalue weighted by atomic mass is 9.49. The third-order valence-electron chi connectivity index (χ3n) is 7.12. The summed E-state index contributed by atoms with van der Waals surface area (Å²) in [5, 5.41) is 0. The highest BCUT2D eigenvalue weighted by Crippen LogP contribution is 2.61. The molecule has 5 fully saturated rings. The highest BCUT2D eigenvalue weighted by atomic mass is 16.2. The van der Waals surface area contributed by atoms with E-state index in [2.05, 4.69) is 34.8 Å². The molecule has 0 unspecified atom stereocenters. The summed E-state index contributed by atoms with van der Waals surface area (Å²) < 4.78 is 2.17. The van der Waals surface area contributed by atoms with E-state index in [9.17, 15) is 4.79 Å². The second-order valence-electron chi connectivity index (χ2n) is 8.97. The fraction of sp³-hybridized carbons (Fsp3) is 0.750. The van der Waals surface area contributed by atoms with E-state index in [4.69, 9.17) is 0 Å². The minimum absolute atomic E-state index is 0.0164. The van der Waals surface area contributed by atoms with Gasteiger partial charge in [0, 0.05) is 25.0 Å². The Morgan fingerprint density at radius 2 is 1.78 bits per heavy atom. The van der Waals surface area contributed by atoms with E-state index in [0.717, 1.165) is 24.3 Å². The van der Waals surface area contributed by atoms with Crippen LogP contribution in [0, 0.1) is 23.2 Å². The van der Waals surface area contributed by atoms with Crippen LogP contribution in [-0.4, -0.2) is 21.4 Å². The molecule has 3 heteroatoms. The van der Waals surface area contributed by atoms with Crippen molar-refractivity contribution in [3.05, 3.63) is 24.0 Å². The number of amides is 1. The summed E-state index contributed by atoms with van der Waals surface area (Å²) in [7, 11) is 2.09. The van der Waals surface area contributed by atoms with Crippen LogP contribution in [0.2, 0.25) is 0 Å². The molecule has 6 rings (SSSR count). The van der Waals surface area contributed by atoms with E-state index in [1.165, 1.54) is 57.1 Å². The summed E-state index contributed by atoms with van der Waals surface area (Å²) in [5.41, 5.74) is 1.29. The molecule has 0 radical (unpaired) electrons. The van der Waals surface area contributed by atoms with Crippen molar-refractivity contribution in [3.8, 4) is 0 Å². The summed E-state index contributed by atoms with van der Waals surface area (Å²) in [5.74, 6) is 3.06. The van der Waals surface area contributed by atoms with Gasteiger partial charge in [0.15, 0.2) is 0 Å². The number of carbonyl (C=O) groups is 1. The molecule has 124 valence electrons. The molecule has 0 atom stereocenters. The smallest absolute Gasteiger partial charge is 0.229 e. The van der Waals surface area contributed by atoms with Crippen molar-refractivity contribution in [2.45, 2.75) is 64.0 Å². The molecule has 1 aromatic heterocycles. The fourth-order valence-electron chi connectivity index (χ4n) is 6.27. The zero-order valence-corrected chi connectivity index (χ0v) is 14.2. The summed E-state index contributed by atoms with van der Waals surface area (Å²) in [6.07, 6.45) is 12.3. The van der Waals surface area contributed by atoms with E-state index in [-0.39, 0.29) is 5.41 Å². The van der Waals surface area contributed by atoms with Crippen LogP contribution in [-0.2, 0) is 18.4 Å². The van der Waals surface area contributed by atoms with E-state index >= 15 is 0 Å². The molecule has 23 heavy (non-hydrogen) atoms. The molecule has 5 saturated carbocycles. The number of carbonyl (C=O) groups excluding carboxylic acids is 1. The molecule has 4 bridgehead atoms. The standard InChI is InChI=1S/C20H28N2O/c1-21-6-2-3-18(21)13-22(17-4-5-17)19(23)20-10-14-7-15(11-20)9-16(8-14)12-20/h2-3,6,14-17H,4-5,7-13H2,1H3. The van der Waals surface area contributed by atoms with Gasteiger partial charge in [0.2, 0.25) is 5.91 Å². The van der Waals surface area contributed by atoms with Crippen molar-refractivity contribution in [2.24, 2.45) is 30.2 Å². The fourth-order valence-corrected chi connectivity index (χ4v) is 6.27. The molecule has 0 saturated heterocycles. The summed E-state index contributed by atoms with van der Waals surface area (Å²) in [6.45, 7) is 0.814. The van der Waals surface area contributed by atoms with Crippen LogP contribution in [0.3, 0.4) is 0 Å². The topological polar surface area (TPSA) is 25.2 Å². The van der Waals surface area contributed by atoms with E-state index in [1.54, 1.807) is 0 Å². The number of rotatable bonds is 4. The monoisotopic (exact) mass is 312 g/mol. The van der Waals surface area contributed by atoms with Gasteiger partial charge in [0.05, 0.1) is 12.0 Å². The van der Waals surface area contributed by atoms with E-state index in [0.29, 0.717) is 11.9 Å². The Labute approximate surface area is 139 Å². The van der Waals surface area contributed by atoms with Crippen LogP contribution in [0.1, 0.15) is 57.1 Å². The maximum absolute atomic E-state index is 13.6. The van der Waals surface area contributed by atoms with Gasteiger partial charge >= 0.3 is 0 Å². The first-order valence-corrected chi connectivity index (χ1v) is 9.54. The number of aryl methyl sites for hydroxylation is 1. The average molecular weight is 312 g/mol. The predicted octanol–water partition coefficient (Wildman–Crippen LogP) is 3.73. The van der Waals surface area contributed by atoms with Gasteiger partial charge in [-0.1, -0.05) is 0 Å². The van der Waals surface area contributed by atoms with Crippen molar-refractivity contribution in [1.29, 1.82) is 0 Å². The number of aromatic nitrogens is 1. The second-order valence-corrected chi connectivity index (χ2v) is 8.97. The van der Waals surface area contributed by atoms with Gasteiger partial charge in [0.1, 0.15) is 0 Å². The van der Waals surface area contributed by atoms with Crippen molar-refractivity contribution in [2.75, 3.05) is 0 Å². The lowest BCUT2D eigenvalue weighted by Crippen LogP contribution is -2.54. The first-order valence-electron chi connectivity index (χ1n) is 9.54. The Morgan fingerprint density at radius 1 is 1.17 bits per heavy atom. The quantitative estimate of drug-likeness (QED) is 0.831. The summed E-state index contributed by atoms with van der Waals surface area (Å²) >= 11 is 0. The number of nitrogens with zero attached hydrogens (tertiary/aromatic N) is 2. The lowest BCUT2D eigenvalue weighted by Gasteiger charge is -2.56. The Kier molecular flexibility index (Phi) is 2.99. The number of hydrogen-bond acceptors (Lipinski definition) is 1. The average Bonchev–Trinajstić information content (AvgIpc) is 3.26. The minimum atomic E-state index is 0.0164. The molecule has 0 aliphatic heterocycles.